The van der Waals surface area contributed by atoms with E-state index in [-0.39, 0.29) is 17.7 Å². The first-order valence-electron chi connectivity index (χ1n) is 6.12. The summed E-state index contributed by atoms with van der Waals surface area (Å²) in [5.41, 5.74) is 16.8. The van der Waals surface area contributed by atoms with Gasteiger partial charge < -0.3 is 22.1 Å². The monoisotopic (exact) mass is 296 g/mol. The standard InChI is InChI=1S/C12H17FN6S/c13-9-7-8(17-12(16)18-11(14)15)1-2-10(9)19-3-5-20-6-4-19/h1-2,7H,3-6H2,(H6,14,15,16,17,18). The number of nitrogens with two attached hydrogens (primary N) is 3. The summed E-state index contributed by atoms with van der Waals surface area (Å²) in [6, 6.07) is 4.72. The zero-order valence-corrected chi connectivity index (χ0v) is 11.7. The zero-order valence-electron chi connectivity index (χ0n) is 10.9. The summed E-state index contributed by atoms with van der Waals surface area (Å²) in [5.74, 6) is 1.41. The first-order chi connectivity index (χ1) is 9.56. The van der Waals surface area contributed by atoms with Crippen LogP contribution in [0, 0.1) is 5.82 Å². The Labute approximate surface area is 120 Å². The molecule has 1 aromatic carbocycles. The number of hydrogen-bond donors (Lipinski definition) is 3. The van der Waals surface area contributed by atoms with Gasteiger partial charge in [-0.15, -0.1) is 0 Å². The van der Waals surface area contributed by atoms with Gasteiger partial charge in [-0.25, -0.2) is 9.38 Å². The zero-order chi connectivity index (χ0) is 14.5. The molecule has 1 aromatic rings. The molecular weight excluding hydrogens is 279 g/mol. The molecule has 8 heteroatoms. The van der Waals surface area contributed by atoms with Crippen LogP contribution in [0.25, 0.3) is 0 Å². The van der Waals surface area contributed by atoms with E-state index in [2.05, 4.69) is 9.98 Å². The number of halogens is 1. The number of guanidine groups is 2. The molecule has 0 amide bonds. The van der Waals surface area contributed by atoms with Crippen molar-refractivity contribution in [2.75, 3.05) is 29.5 Å². The summed E-state index contributed by atoms with van der Waals surface area (Å²) in [4.78, 5) is 9.54. The van der Waals surface area contributed by atoms with Crippen LogP contribution < -0.4 is 22.1 Å². The van der Waals surface area contributed by atoms with Gasteiger partial charge in [0.05, 0.1) is 11.4 Å². The number of anilines is 1. The molecule has 0 spiro atoms. The highest BCUT2D eigenvalue weighted by atomic mass is 32.2. The molecule has 1 aliphatic heterocycles. The van der Waals surface area contributed by atoms with Crippen LogP contribution in [0.3, 0.4) is 0 Å². The van der Waals surface area contributed by atoms with Gasteiger partial charge in [0, 0.05) is 30.7 Å². The van der Waals surface area contributed by atoms with Gasteiger partial charge in [0.25, 0.3) is 0 Å². The highest BCUT2D eigenvalue weighted by molar-refractivity contribution is 7.99. The van der Waals surface area contributed by atoms with Crippen molar-refractivity contribution in [3.8, 4) is 0 Å². The lowest BCUT2D eigenvalue weighted by Gasteiger charge is -2.28. The van der Waals surface area contributed by atoms with E-state index >= 15 is 0 Å². The largest absolute Gasteiger partial charge is 0.370 e. The molecule has 0 bridgehead atoms. The number of nitrogens with zero attached hydrogens (tertiary/aromatic N) is 3. The first kappa shape index (κ1) is 14.4. The Morgan fingerprint density at radius 1 is 1.20 bits per heavy atom. The van der Waals surface area contributed by atoms with Crippen LogP contribution in [-0.2, 0) is 0 Å². The maximum atomic E-state index is 14.1. The van der Waals surface area contributed by atoms with Crippen LogP contribution in [0.4, 0.5) is 15.8 Å². The molecule has 0 aromatic heterocycles. The Hall–Kier alpha value is -1.96. The number of thioether (sulfide) groups is 1. The molecule has 108 valence electrons. The van der Waals surface area contributed by atoms with Crippen LogP contribution in [-0.4, -0.2) is 36.5 Å². The molecule has 0 atom stereocenters. The predicted molar refractivity (Wildman–Crippen MR) is 83.0 cm³/mol. The van der Waals surface area contributed by atoms with Crippen LogP contribution in [0.2, 0.25) is 0 Å². The molecule has 20 heavy (non-hydrogen) atoms. The minimum atomic E-state index is -0.323. The number of benzene rings is 1. The predicted octanol–water partition coefficient (Wildman–Crippen LogP) is 0.599. The van der Waals surface area contributed by atoms with E-state index in [0.717, 1.165) is 24.6 Å². The summed E-state index contributed by atoms with van der Waals surface area (Å²) in [7, 11) is 0. The van der Waals surface area contributed by atoms with Gasteiger partial charge in [0.15, 0.2) is 5.96 Å². The molecule has 6 N–H and O–H groups in total. The smallest absolute Gasteiger partial charge is 0.223 e. The Morgan fingerprint density at radius 3 is 2.50 bits per heavy atom. The van der Waals surface area contributed by atoms with Crippen molar-refractivity contribution in [2.24, 2.45) is 27.2 Å². The molecule has 0 unspecified atom stereocenters. The lowest BCUT2D eigenvalue weighted by Crippen LogP contribution is -2.33. The van der Waals surface area contributed by atoms with Crippen molar-refractivity contribution in [1.82, 2.24) is 0 Å². The molecule has 0 saturated carbocycles. The van der Waals surface area contributed by atoms with E-state index in [1.165, 1.54) is 6.07 Å². The van der Waals surface area contributed by atoms with Gasteiger partial charge in [-0.3, -0.25) is 0 Å². The van der Waals surface area contributed by atoms with Crippen molar-refractivity contribution in [3.05, 3.63) is 24.0 Å². The molecule has 1 heterocycles. The second kappa shape index (κ2) is 6.47. The second-order valence-electron chi connectivity index (χ2n) is 4.24. The fraction of sp³-hybridized carbons (Fsp3) is 0.333. The molecule has 0 aliphatic carbocycles. The molecule has 0 radical (unpaired) electrons. The molecule has 1 aliphatic rings. The lowest BCUT2D eigenvalue weighted by molar-refractivity contribution is 0.620. The summed E-state index contributed by atoms with van der Waals surface area (Å²) < 4.78 is 14.1. The number of hydrogen-bond acceptors (Lipinski definition) is 3. The van der Waals surface area contributed by atoms with E-state index in [9.17, 15) is 4.39 Å². The van der Waals surface area contributed by atoms with Crippen molar-refractivity contribution >= 4 is 35.1 Å². The maximum absolute atomic E-state index is 14.1. The van der Waals surface area contributed by atoms with E-state index in [1.54, 1.807) is 12.1 Å². The Bertz CT molecular complexity index is 535. The normalized spacial score (nSPS) is 16.1. The summed E-state index contributed by atoms with van der Waals surface area (Å²) in [5, 5.41) is 0. The van der Waals surface area contributed by atoms with E-state index in [1.807, 2.05) is 16.7 Å². The fourth-order valence-corrected chi connectivity index (χ4v) is 2.82. The van der Waals surface area contributed by atoms with Gasteiger partial charge in [-0.05, 0) is 12.1 Å². The third-order valence-corrected chi connectivity index (χ3v) is 3.71. The topological polar surface area (TPSA) is 106 Å². The lowest BCUT2D eigenvalue weighted by atomic mass is 10.2. The quantitative estimate of drug-likeness (QED) is 0.547. The summed E-state index contributed by atoms with van der Waals surface area (Å²) in [6.45, 7) is 1.70. The minimum Gasteiger partial charge on any atom is -0.370 e. The van der Waals surface area contributed by atoms with Crippen LogP contribution >= 0.6 is 11.8 Å². The average Bonchev–Trinajstić information content (AvgIpc) is 2.38. The molecule has 1 fully saturated rings. The van der Waals surface area contributed by atoms with Crippen molar-refractivity contribution in [2.45, 2.75) is 0 Å². The van der Waals surface area contributed by atoms with E-state index in [4.69, 9.17) is 17.2 Å². The van der Waals surface area contributed by atoms with E-state index in [0.29, 0.717) is 11.4 Å². The first-order valence-corrected chi connectivity index (χ1v) is 7.28. The highest BCUT2D eigenvalue weighted by Crippen LogP contribution is 2.26. The molecule has 6 nitrogen and oxygen atoms in total. The SMILES string of the molecule is NC(N)=NC(N)=Nc1ccc(N2CCSCC2)c(F)c1. The minimum absolute atomic E-state index is 0.105. The van der Waals surface area contributed by atoms with Crippen LogP contribution in [0.15, 0.2) is 28.2 Å². The Balaban J connectivity index is 2.19. The Kier molecular flexibility index (Phi) is 4.67. The van der Waals surface area contributed by atoms with E-state index < -0.39 is 0 Å². The van der Waals surface area contributed by atoms with Gasteiger partial charge in [-0.2, -0.15) is 16.8 Å². The fourth-order valence-electron chi connectivity index (χ4n) is 1.92. The Morgan fingerprint density at radius 2 is 1.90 bits per heavy atom. The van der Waals surface area contributed by atoms with Gasteiger partial charge >= 0.3 is 0 Å². The van der Waals surface area contributed by atoms with Crippen LogP contribution in [0.1, 0.15) is 0 Å². The molecule has 1 saturated heterocycles. The third-order valence-electron chi connectivity index (χ3n) is 2.77. The van der Waals surface area contributed by atoms with Crippen molar-refractivity contribution in [1.29, 1.82) is 0 Å². The number of rotatable bonds is 2. The third kappa shape index (κ3) is 3.77. The van der Waals surface area contributed by atoms with Gasteiger partial charge in [0.2, 0.25) is 5.96 Å². The van der Waals surface area contributed by atoms with Crippen LogP contribution in [0.5, 0.6) is 0 Å². The molecule has 2 rings (SSSR count). The summed E-state index contributed by atoms with van der Waals surface area (Å²) >= 11 is 1.88. The molecular formula is C12H17FN6S. The average molecular weight is 296 g/mol. The maximum Gasteiger partial charge on any atom is 0.223 e. The van der Waals surface area contributed by atoms with Gasteiger partial charge in [-0.1, -0.05) is 0 Å². The van der Waals surface area contributed by atoms with Crippen molar-refractivity contribution < 1.29 is 4.39 Å². The highest BCUT2D eigenvalue weighted by Gasteiger charge is 2.15. The van der Waals surface area contributed by atoms with Gasteiger partial charge in [0.1, 0.15) is 5.82 Å². The summed E-state index contributed by atoms with van der Waals surface area (Å²) in [6.07, 6.45) is 0. The van der Waals surface area contributed by atoms with Crippen molar-refractivity contribution in [3.63, 3.8) is 0 Å². The second-order valence-corrected chi connectivity index (χ2v) is 5.47. The number of aliphatic imine (C=N–C) groups is 2.